The fourth-order valence-corrected chi connectivity index (χ4v) is 2.83. The van der Waals surface area contributed by atoms with E-state index in [0.29, 0.717) is 23.9 Å². The number of hydrogen-bond donors (Lipinski definition) is 0. The summed E-state index contributed by atoms with van der Waals surface area (Å²) in [5.74, 6) is 1.46. The summed E-state index contributed by atoms with van der Waals surface area (Å²) in [4.78, 5) is 18.7. The first kappa shape index (κ1) is 19.6. The highest BCUT2D eigenvalue weighted by Crippen LogP contribution is 2.19. The van der Waals surface area contributed by atoms with E-state index in [1.165, 1.54) is 0 Å². The van der Waals surface area contributed by atoms with Crippen molar-refractivity contribution in [2.75, 3.05) is 7.05 Å². The minimum Gasteiger partial charge on any atom is -0.481 e. The third-order valence-corrected chi connectivity index (χ3v) is 4.44. The summed E-state index contributed by atoms with van der Waals surface area (Å²) in [5.41, 5.74) is 3.13. The van der Waals surface area contributed by atoms with E-state index in [1.807, 2.05) is 69.3 Å². The first-order valence-corrected chi connectivity index (χ1v) is 9.34. The molecule has 1 amide bonds. The lowest BCUT2D eigenvalue weighted by Gasteiger charge is -2.22. The largest absolute Gasteiger partial charge is 0.481 e. The van der Waals surface area contributed by atoms with Crippen LogP contribution in [-0.2, 0) is 11.3 Å². The van der Waals surface area contributed by atoms with E-state index >= 15 is 0 Å². The number of nitrogens with zero attached hydrogens (tertiary/aromatic N) is 3. The SMILES string of the molecule is CCC(Oc1cccc(C)c1)C(=O)N(C)Cc1nc(-c2ccc(C)cc2)no1. The lowest BCUT2D eigenvalue weighted by Crippen LogP contribution is -2.39. The fraction of sp³-hybridized carbons (Fsp3) is 0.318. The molecule has 1 unspecified atom stereocenters. The van der Waals surface area contributed by atoms with Crippen molar-refractivity contribution in [3.05, 3.63) is 65.5 Å². The van der Waals surface area contributed by atoms with Crippen LogP contribution in [0.15, 0.2) is 53.1 Å². The van der Waals surface area contributed by atoms with Crippen molar-refractivity contribution in [2.45, 2.75) is 39.8 Å². The van der Waals surface area contributed by atoms with Crippen LogP contribution in [-0.4, -0.2) is 34.1 Å². The molecule has 0 fully saturated rings. The molecule has 1 atom stereocenters. The number of rotatable bonds is 7. The van der Waals surface area contributed by atoms with E-state index in [4.69, 9.17) is 9.26 Å². The predicted octanol–water partition coefficient (Wildman–Crippen LogP) is 4.17. The van der Waals surface area contributed by atoms with Gasteiger partial charge in [-0.05, 0) is 38.0 Å². The average molecular weight is 379 g/mol. The Morgan fingerprint density at radius 3 is 2.57 bits per heavy atom. The minimum absolute atomic E-state index is 0.126. The maximum atomic E-state index is 12.8. The van der Waals surface area contributed by atoms with Crippen LogP contribution in [0.5, 0.6) is 5.75 Å². The lowest BCUT2D eigenvalue weighted by molar-refractivity contribution is -0.138. The minimum atomic E-state index is -0.564. The number of hydrogen-bond acceptors (Lipinski definition) is 5. The summed E-state index contributed by atoms with van der Waals surface area (Å²) < 4.78 is 11.2. The molecule has 0 saturated carbocycles. The summed E-state index contributed by atoms with van der Waals surface area (Å²) in [6.45, 7) is 6.16. The zero-order valence-corrected chi connectivity index (χ0v) is 16.7. The van der Waals surface area contributed by atoms with Gasteiger partial charge in [-0.15, -0.1) is 0 Å². The molecule has 0 aliphatic heterocycles. The van der Waals surface area contributed by atoms with Crippen LogP contribution in [0.4, 0.5) is 0 Å². The van der Waals surface area contributed by atoms with E-state index in [1.54, 1.807) is 11.9 Å². The van der Waals surface area contributed by atoms with Crippen LogP contribution >= 0.6 is 0 Å². The van der Waals surface area contributed by atoms with E-state index in [-0.39, 0.29) is 12.5 Å². The van der Waals surface area contributed by atoms with Gasteiger partial charge in [0.15, 0.2) is 6.10 Å². The fourth-order valence-electron chi connectivity index (χ4n) is 2.83. The predicted molar refractivity (Wildman–Crippen MR) is 107 cm³/mol. The van der Waals surface area contributed by atoms with Crippen LogP contribution in [0.25, 0.3) is 11.4 Å². The highest BCUT2D eigenvalue weighted by molar-refractivity contribution is 5.81. The van der Waals surface area contributed by atoms with Crippen LogP contribution in [0.2, 0.25) is 0 Å². The number of benzene rings is 2. The molecule has 28 heavy (non-hydrogen) atoms. The Balaban J connectivity index is 1.65. The van der Waals surface area contributed by atoms with Gasteiger partial charge in [-0.2, -0.15) is 4.98 Å². The van der Waals surface area contributed by atoms with Crippen LogP contribution in [0.1, 0.15) is 30.4 Å². The number of carbonyl (C=O) groups is 1. The Morgan fingerprint density at radius 1 is 1.14 bits per heavy atom. The third kappa shape index (κ3) is 4.76. The number of aryl methyl sites for hydroxylation is 2. The van der Waals surface area contributed by atoms with Gasteiger partial charge in [0.05, 0.1) is 6.54 Å². The van der Waals surface area contributed by atoms with Gasteiger partial charge in [-0.3, -0.25) is 4.79 Å². The van der Waals surface area contributed by atoms with Crippen molar-refractivity contribution in [3.63, 3.8) is 0 Å². The average Bonchev–Trinajstić information content (AvgIpc) is 3.14. The number of likely N-dealkylation sites (N-methyl/N-ethyl adjacent to an activating group) is 1. The van der Waals surface area contributed by atoms with Gasteiger partial charge in [0.1, 0.15) is 5.75 Å². The summed E-state index contributed by atoms with van der Waals surface area (Å²) in [7, 11) is 1.71. The van der Waals surface area contributed by atoms with Gasteiger partial charge in [0.25, 0.3) is 5.91 Å². The van der Waals surface area contributed by atoms with E-state index in [2.05, 4.69) is 10.1 Å². The maximum absolute atomic E-state index is 12.8. The zero-order valence-electron chi connectivity index (χ0n) is 16.7. The van der Waals surface area contributed by atoms with Crippen molar-refractivity contribution in [1.82, 2.24) is 15.0 Å². The lowest BCUT2D eigenvalue weighted by atomic mass is 10.1. The van der Waals surface area contributed by atoms with E-state index in [0.717, 1.165) is 16.7 Å². The monoisotopic (exact) mass is 379 g/mol. The van der Waals surface area contributed by atoms with Crippen molar-refractivity contribution < 1.29 is 14.1 Å². The topological polar surface area (TPSA) is 68.5 Å². The van der Waals surface area contributed by atoms with Crippen molar-refractivity contribution in [3.8, 4) is 17.1 Å². The van der Waals surface area contributed by atoms with Crippen molar-refractivity contribution in [2.24, 2.45) is 0 Å². The van der Waals surface area contributed by atoms with Gasteiger partial charge < -0.3 is 14.2 Å². The molecule has 0 saturated heterocycles. The smallest absolute Gasteiger partial charge is 0.263 e. The van der Waals surface area contributed by atoms with Gasteiger partial charge in [0, 0.05) is 12.6 Å². The Kier molecular flexibility index (Phi) is 6.09. The number of ether oxygens (including phenoxy) is 1. The van der Waals surface area contributed by atoms with Gasteiger partial charge >= 0.3 is 0 Å². The van der Waals surface area contributed by atoms with Gasteiger partial charge in [-0.25, -0.2) is 0 Å². The van der Waals surface area contributed by atoms with Crippen molar-refractivity contribution in [1.29, 1.82) is 0 Å². The molecule has 1 heterocycles. The number of aromatic nitrogens is 2. The zero-order chi connectivity index (χ0) is 20.1. The quantitative estimate of drug-likeness (QED) is 0.616. The molecule has 146 valence electrons. The Labute approximate surface area is 165 Å². The highest BCUT2D eigenvalue weighted by atomic mass is 16.5. The normalized spacial score (nSPS) is 11.9. The second-order valence-corrected chi connectivity index (χ2v) is 6.90. The van der Waals surface area contributed by atoms with Crippen LogP contribution in [0, 0.1) is 13.8 Å². The summed E-state index contributed by atoms with van der Waals surface area (Å²) >= 11 is 0. The molecular weight excluding hydrogens is 354 g/mol. The molecule has 3 rings (SSSR count). The Bertz CT molecular complexity index is 934. The standard InChI is InChI=1S/C22H25N3O3/c1-5-19(27-18-8-6-7-16(3)13-18)22(26)25(4)14-20-23-21(24-28-20)17-11-9-15(2)10-12-17/h6-13,19H,5,14H2,1-4H3. The molecule has 1 aromatic heterocycles. The molecule has 0 N–H and O–H groups in total. The molecule has 0 spiro atoms. The van der Waals surface area contributed by atoms with Crippen LogP contribution < -0.4 is 4.74 Å². The van der Waals surface area contributed by atoms with Crippen molar-refractivity contribution >= 4 is 5.91 Å². The van der Waals surface area contributed by atoms with Crippen LogP contribution in [0.3, 0.4) is 0 Å². The van der Waals surface area contributed by atoms with E-state index in [9.17, 15) is 4.79 Å². The first-order valence-electron chi connectivity index (χ1n) is 9.34. The number of amides is 1. The molecule has 3 aromatic rings. The summed E-state index contributed by atoms with van der Waals surface area (Å²) in [6.07, 6.45) is 0.00142. The summed E-state index contributed by atoms with van der Waals surface area (Å²) in [5, 5.41) is 4.02. The second-order valence-electron chi connectivity index (χ2n) is 6.90. The molecule has 6 heteroatoms. The van der Waals surface area contributed by atoms with E-state index < -0.39 is 6.10 Å². The molecule has 0 radical (unpaired) electrons. The maximum Gasteiger partial charge on any atom is 0.263 e. The molecule has 0 aliphatic carbocycles. The summed E-state index contributed by atoms with van der Waals surface area (Å²) in [6, 6.07) is 15.6. The second kappa shape index (κ2) is 8.69. The van der Waals surface area contributed by atoms with Gasteiger partial charge in [0.2, 0.25) is 11.7 Å². The highest BCUT2D eigenvalue weighted by Gasteiger charge is 2.24. The Morgan fingerprint density at radius 2 is 1.89 bits per heavy atom. The Hall–Kier alpha value is -3.15. The molecule has 0 aliphatic rings. The number of carbonyl (C=O) groups excluding carboxylic acids is 1. The molecule has 0 bridgehead atoms. The third-order valence-electron chi connectivity index (χ3n) is 4.44. The van der Waals surface area contributed by atoms with Gasteiger partial charge in [-0.1, -0.05) is 54.0 Å². The molecule has 6 nitrogen and oxygen atoms in total. The first-order chi connectivity index (χ1) is 13.5. The molecule has 2 aromatic carbocycles. The molecular formula is C22H25N3O3.